The second-order valence-electron chi connectivity index (χ2n) is 4.58. The van der Waals surface area contributed by atoms with Gasteiger partial charge in [0.05, 0.1) is 19.6 Å². The first-order valence-corrected chi connectivity index (χ1v) is 6.17. The number of halogens is 1. The molecule has 0 saturated heterocycles. The number of aryl methyl sites for hydroxylation is 1. The summed E-state index contributed by atoms with van der Waals surface area (Å²) in [5.74, 6) is 1.73. The Hall–Kier alpha value is -2.00. The van der Waals surface area contributed by atoms with Gasteiger partial charge in [-0.15, -0.1) is 0 Å². The number of fused-ring (bicyclic) bond motifs is 3. The average molecular weight is 290 g/mol. The number of rotatable bonds is 2. The molecule has 104 valence electrons. The molecule has 0 fully saturated rings. The van der Waals surface area contributed by atoms with Crippen molar-refractivity contribution in [1.29, 1.82) is 0 Å². The lowest BCUT2D eigenvalue weighted by Crippen LogP contribution is -3.00. The minimum Gasteiger partial charge on any atom is -1.00 e. The van der Waals surface area contributed by atoms with E-state index in [2.05, 4.69) is 42.1 Å². The molecule has 0 atom stereocenters. The zero-order valence-electron chi connectivity index (χ0n) is 11.7. The molecule has 0 aliphatic heterocycles. The highest BCUT2D eigenvalue weighted by atomic mass is 35.5. The van der Waals surface area contributed by atoms with Crippen LogP contribution in [0.2, 0.25) is 0 Å². The van der Waals surface area contributed by atoms with E-state index in [4.69, 9.17) is 9.47 Å². The molecule has 3 rings (SSSR count). The average Bonchev–Trinajstić information content (AvgIpc) is 2.46. The zero-order valence-corrected chi connectivity index (χ0v) is 12.4. The van der Waals surface area contributed by atoms with Gasteiger partial charge in [-0.2, -0.15) is 0 Å². The van der Waals surface area contributed by atoms with E-state index in [1.807, 2.05) is 12.1 Å². The first-order chi connectivity index (χ1) is 9.22. The first kappa shape index (κ1) is 14.4. The highest BCUT2D eigenvalue weighted by molar-refractivity contribution is 6.04. The Bertz CT molecular complexity index is 771. The van der Waals surface area contributed by atoms with E-state index < -0.39 is 0 Å². The Morgan fingerprint density at radius 2 is 1.45 bits per heavy atom. The molecule has 0 radical (unpaired) electrons. The van der Waals surface area contributed by atoms with E-state index >= 15 is 0 Å². The van der Waals surface area contributed by atoms with Gasteiger partial charge in [-0.25, -0.2) is 4.57 Å². The van der Waals surface area contributed by atoms with Gasteiger partial charge in [-0.1, -0.05) is 0 Å². The number of ether oxygens (including phenoxy) is 2. The number of hydrogen-bond donors (Lipinski definition) is 0. The van der Waals surface area contributed by atoms with E-state index in [1.165, 1.54) is 21.7 Å². The predicted molar refractivity (Wildman–Crippen MR) is 75.7 cm³/mol. The van der Waals surface area contributed by atoms with Crippen molar-refractivity contribution in [3.63, 3.8) is 0 Å². The molecule has 0 bridgehead atoms. The standard InChI is InChI=1S/C16H16NO2.ClH/c1-17-10-11-4-5-12(18-2)8-14(11)15-9-13(19-3)6-7-16(15)17;/h4-10H,1-3H3;1H/q+1;/p-1. The maximum Gasteiger partial charge on any atom is 0.213 e. The second-order valence-corrected chi connectivity index (χ2v) is 4.58. The molecule has 0 unspecified atom stereocenters. The highest BCUT2D eigenvalue weighted by Gasteiger charge is 2.12. The minimum absolute atomic E-state index is 0. The molecule has 3 nitrogen and oxygen atoms in total. The quantitative estimate of drug-likeness (QED) is 0.483. The largest absolute Gasteiger partial charge is 1.00 e. The van der Waals surface area contributed by atoms with Crippen molar-refractivity contribution in [2.75, 3.05) is 14.2 Å². The number of methoxy groups -OCH3 is 2. The van der Waals surface area contributed by atoms with Gasteiger partial charge in [0.15, 0.2) is 6.20 Å². The fourth-order valence-electron chi connectivity index (χ4n) is 2.45. The van der Waals surface area contributed by atoms with Crippen LogP contribution in [0.5, 0.6) is 11.5 Å². The molecule has 1 aromatic heterocycles. The third-order valence-electron chi connectivity index (χ3n) is 3.47. The van der Waals surface area contributed by atoms with Gasteiger partial charge >= 0.3 is 0 Å². The minimum atomic E-state index is 0. The van der Waals surface area contributed by atoms with Crippen LogP contribution in [-0.4, -0.2) is 14.2 Å². The van der Waals surface area contributed by atoms with Crippen molar-refractivity contribution >= 4 is 21.7 Å². The van der Waals surface area contributed by atoms with Gasteiger partial charge < -0.3 is 21.9 Å². The Balaban J connectivity index is 0.00000147. The van der Waals surface area contributed by atoms with Crippen LogP contribution in [0.3, 0.4) is 0 Å². The summed E-state index contributed by atoms with van der Waals surface area (Å²) in [6, 6.07) is 12.2. The van der Waals surface area contributed by atoms with Crippen molar-refractivity contribution in [3.05, 3.63) is 42.6 Å². The Morgan fingerprint density at radius 1 is 0.850 bits per heavy atom. The smallest absolute Gasteiger partial charge is 0.213 e. The molecule has 20 heavy (non-hydrogen) atoms. The molecule has 2 aromatic carbocycles. The lowest BCUT2D eigenvalue weighted by Gasteiger charge is -2.06. The summed E-state index contributed by atoms with van der Waals surface area (Å²) in [6.07, 6.45) is 2.13. The zero-order chi connectivity index (χ0) is 13.4. The summed E-state index contributed by atoms with van der Waals surface area (Å²) in [5.41, 5.74) is 1.17. The van der Waals surface area contributed by atoms with E-state index in [1.54, 1.807) is 14.2 Å². The topological polar surface area (TPSA) is 22.3 Å². The summed E-state index contributed by atoms with van der Waals surface area (Å²) < 4.78 is 12.8. The van der Waals surface area contributed by atoms with Crippen LogP contribution in [0.4, 0.5) is 0 Å². The maximum atomic E-state index is 5.33. The van der Waals surface area contributed by atoms with Crippen molar-refractivity contribution < 1.29 is 26.4 Å². The Labute approximate surface area is 124 Å². The molecule has 0 aliphatic carbocycles. The number of pyridine rings is 1. The molecule has 3 aromatic rings. The van der Waals surface area contributed by atoms with E-state index in [0.717, 1.165) is 11.5 Å². The van der Waals surface area contributed by atoms with Crippen molar-refractivity contribution in [3.8, 4) is 11.5 Å². The van der Waals surface area contributed by atoms with Gasteiger partial charge in [0.1, 0.15) is 18.5 Å². The lowest BCUT2D eigenvalue weighted by molar-refractivity contribution is -0.643. The van der Waals surface area contributed by atoms with Crippen LogP contribution in [-0.2, 0) is 7.05 Å². The highest BCUT2D eigenvalue weighted by Crippen LogP contribution is 2.28. The molecule has 0 saturated carbocycles. The maximum absolute atomic E-state index is 5.33. The van der Waals surface area contributed by atoms with Crippen molar-refractivity contribution in [2.45, 2.75) is 0 Å². The SMILES string of the molecule is COc1ccc2c[n+](C)c3ccc(OC)cc3c2c1.[Cl-]. The number of aromatic nitrogens is 1. The Morgan fingerprint density at radius 3 is 2.10 bits per heavy atom. The third-order valence-corrected chi connectivity index (χ3v) is 3.47. The number of benzene rings is 2. The van der Waals surface area contributed by atoms with Gasteiger partial charge in [-0.05, 0) is 30.3 Å². The van der Waals surface area contributed by atoms with Gasteiger partial charge in [-0.3, -0.25) is 0 Å². The third kappa shape index (κ3) is 2.25. The normalized spacial score (nSPS) is 10.3. The van der Waals surface area contributed by atoms with E-state index in [-0.39, 0.29) is 12.4 Å². The number of nitrogens with zero attached hydrogens (tertiary/aromatic N) is 1. The van der Waals surface area contributed by atoms with Gasteiger partial charge in [0.2, 0.25) is 5.52 Å². The first-order valence-electron chi connectivity index (χ1n) is 6.17. The molecule has 0 N–H and O–H groups in total. The molecular formula is C16H16ClNO2. The fourth-order valence-corrected chi connectivity index (χ4v) is 2.45. The molecule has 1 heterocycles. The molecule has 4 heteroatoms. The summed E-state index contributed by atoms with van der Waals surface area (Å²) in [6.45, 7) is 0. The van der Waals surface area contributed by atoms with Gasteiger partial charge in [0.25, 0.3) is 0 Å². The van der Waals surface area contributed by atoms with Crippen LogP contribution in [0.1, 0.15) is 0 Å². The molecule has 0 aliphatic rings. The monoisotopic (exact) mass is 289 g/mol. The predicted octanol–water partition coefficient (Wildman–Crippen LogP) is -0.161. The summed E-state index contributed by atoms with van der Waals surface area (Å²) >= 11 is 0. The molecular weight excluding hydrogens is 274 g/mol. The summed E-state index contributed by atoms with van der Waals surface area (Å²) in [7, 11) is 5.43. The second kappa shape index (κ2) is 5.55. The van der Waals surface area contributed by atoms with Crippen LogP contribution in [0.15, 0.2) is 42.6 Å². The van der Waals surface area contributed by atoms with Gasteiger partial charge in [0, 0.05) is 16.8 Å². The Kier molecular flexibility index (Phi) is 4.00. The van der Waals surface area contributed by atoms with E-state index in [9.17, 15) is 0 Å². The van der Waals surface area contributed by atoms with Crippen LogP contribution in [0.25, 0.3) is 21.7 Å². The van der Waals surface area contributed by atoms with Crippen LogP contribution >= 0.6 is 0 Å². The van der Waals surface area contributed by atoms with Crippen LogP contribution < -0.4 is 26.4 Å². The van der Waals surface area contributed by atoms with Crippen molar-refractivity contribution in [1.82, 2.24) is 0 Å². The van der Waals surface area contributed by atoms with Crippen LogP contribution in [0, 0.1) is 0 Å². The summed E-state index contributed by atoms with van der Waals surface area (Å²) in [4.78, 5) is 0. The molecule has 0 spiro atoms. The van der Waals surface area contributed by atoms with E-state index in [0.29, 0.717) is 0 Å². The van der Waals surface area contributed by atoms with Crippen molar-refractivity contribution in [2.24, 2.45) is 7.05 Å². The summed E-state index contributed by atoms with van der Waals surface area (Å²) in [5, 5.41) is 3.52. The number of hydrogen-bond acceptors (Lipinski definition) is 2. The molecule has 0 amide bonds. The fraction of sp³-hybridized carbons (Fsp3) is 0.188. The lowest BCUT2D eigenvalue weighted by atomic mass is 10.1.